The van der Waals surface area contributed by atoms with Gasteiger partial charge >= 0.3 is 0 Å². The van der Waals surface area contributed by atoms with Gasteiger partial charge in [0.15, 0.2) is 0 Å². The molecule has 0 saturated heterocycles. The van der Waals surface area contributed by atoms with E-state index in [-0.39, 0.29) is 10.8 Å². The van der Waals surface area contributed by atoms with Gasteiger partial charge in [-0.3, -0.25) is 0 Å². The van der Waals surface area contributed by atoms with Gasteiger partial charge in [0.05, 0.1) is 4.90 Å². The van der Waals surface area contributed by atoms with Crippen LogP contribution in [0.3, 0.4) is 0 Å². The second-order valence-electron chi connectivity index (χ2n) is 5.84. The Morgan fingerprint density at radius 1 is 0.917 bits per heavy atom. The maximum Gasteiger partial charge on any atom is 0.264 e. The zero-order chi connectivity index (χ0) is 17.3. The van der Waals surface area contributed by atoms with Crippen LogP contribution in [0, 0.1) is 0 Å². The Hall–Kier alpha value is -1.95. The fourth-order valence-corrected chi connectivity index (χ4v) is 3.43. The molecule has 130 valence electrons. The highest BCUT2D eigenvalue weighted by molar-refractivity contribution is 7.92. The fraction of sp³-hybridized carbons (Fsp3) is 0.444. The third kappa shape index (κ3) is 5.92. The molecule has 0 unspecified atom stereocenters. The van der Waals surface area contributed by atoms with Gasteiger partial charge in [-0.15, -0.1) is 0 Å². The average Bonchev–Trinajstić information content (AvgIpc) is 2.59. The summed E-state index contributed by atoms with van der Waals surface area (Å²) in [5.41, 5.74) is 1.17. The van der Waals surface area contributed by atoms with Crippen LogP contribution in [0.15, 0.2) is 47.6 Å². The summed E-state index contributed by atoms with van der Waals surface area (Å²) in [4.78, 5) is 7.98. The van der Waals surface area contributed by atoms with Crippen molar-refractivity contribution in [2.75, 3.05) is 4.72 Å². The number of benzene rings is 1. The Bertz CT molecular complexity index is 701. The fourth-order valence-electron chi connectivity index (χ4n) is 2.48. The van der Waals surface area contributed by atoms with Crippen LogP contribution in [0.25, 0.3) is 0 Å². The molecule has 1 N–H and O–H groups in total. The van der Waals surface area contributed by atoms with Crippen LogP contribution in [-0.4, -0.2) is 18.4 Å². The maximum absolute atomic E-state index is 12.3. The van der Waals surface area contributed by atoms with Crippen molar-refractivity contribution in [3.05, 3.63) is 48.3 Å². The summed E-state index contributed by atoms with van der Waals surface area (Å²) in [5.74, 6) is 0.0775. The molecule has 1 heterocycles. The first-order valence-electron chi connectivity index (χ1n) is 8.50. The third-order valence-corrected chi connectivity index (χ3v) is 5.19. The number of nitrogens with zero attached hydrogens (tertiary/aromatic N) is 2. The molecule has 6 heteroatoms. The molecule has 5 nitrogen and oxygen atoms in total. The molecule has 1 aromatic heterocycles. The quantitative estimate of drug-likeness (QED) is 0.654. The highest BCUT2D eigenvalue weighted by atomic mass is 32.2. The molecule has 2 rings (SSSR count). The lowest BCUT2D eigenvalue weighted by molar-refractivity contribution is 0.600. The van der Waals surface area contributed by atoms with Crippen LogP contribution in [0.1, 0.15) is 51.0 Å². The van der Waals surface area contributed by atoms with Gasteiger partial charge in [-0.05, 0) is 36.6 Å². The van der Waals surface area contributed by atoms with Crippen molar-refractivity contribution in [1.82, 2.24) is 9.97 Å². The summed E-state index contributed by atoms with van der Waals surface area (Å²) < 4.78 is 26.9. The van der Waals surface area contributed by atoms with Crippen molar-refractivity contribution >= 4 is 16.0 Å². The number of rotatable bonds is 10. The molecular formula is C18H25N3O2S. The Kier molecular flexibility index (Phi) is 7.18. The number of aromatic nitrogens is 2. The van der Waals surface area contributed by atoms with Crippen LogP contribution >= 0.6 is 0 Å². The number of aryl methyl sites for hydroxylation is 1. The van der Waals surface area contributed by atoms with Crippen molar-refractivity contribution in [2.24, 2.45) is 0 Å². The molecule has 0 radical (unpaired) electrons. The monoisotopic (exact) mass is 347 g/mol. The van der Waals surface area contributed by atoms with E-state index < -0.39 is 10.0 Å². The highest BCUT2D eigenvalue weighted by Crippen LogP contribution is 2.16. The SMILES string of the molecule is CCCCCCCCc1ccc(S(=O)(=O)Nc2ncccn2)cc1. The minimum atomic E-state index is -3.64. The zero-order valence-electron chi connectivity index (χ0n) is 14.1. The van der Waals surface area contributed by atoms with Gasteiger partial charge in [0.25, 0.3) is 10.0 Å². The second-order valence-corrected chi connectivity index (χ2v) is 7.52. The number of hydrogen-bond acceptors (Lipinski definition) is 4. The molecule has 0 amide bonds. The van der Waals surface area contributed by atoms with E-state index in [0.717, 1.165) is 12.8 Å². The molecule has 0 fully saturated rings. The largest absolute Gasteiger partial charge is 0.264 e. The number of nitrogens with one attached hydrogen (secondary N) is 1. The molecule has 1 aromatic carbocycles. The molecule has 24 heavy (non-hydrogen) atoms. The smallest absolute Gasteiger partial charge is 0.247 e. The molecule has 0 spiro atoms. The van der Waals surface area contributed by atoms with E-state index in [9.17, 15) is 8.42 Å². The van der Waals surface area contributed by atoms with Gasteiger partial charge in [-0.1, -0.05) is 51.2 Å². The van der Waals surface area contributed by atoms with Crippen molar-refractivity contribution in [3.63, 3.8) is 0 Å². The van der Waals surface area contributed by atoms with E-state index in [0.29, 0.717) is 0 Å². The number of hydrogen-bond donors (Lipinski definition) is 1. The highest BCUT2D eigenvalue weighted by Gasteiger charge is 2.15. The lowest BCUT2D eigenvalue weighted by Crippen LogP contribution is -2.14. The van der Waals surface area contributed by atoms with Gasteiger partial charge in [-0.25, -0.2) is 23.1 Å². The molecule has 0 aliphatic heterocycles. The Morgan fingerprint density at radius 2 is 1.54 bits per heavy atom. The predicted molar refractivity (Wildman–Crippen MR) is 96.4 cm³/mol. The van der Waals surface area contributed by atoms with Crippen LogP contribution in [0.4, 0.5) is 5.95 Å². The lowest BCUT2D eigenvalue weighted by atomic mass is 10.1. The summed E-state index contributed by atoms with van der Waals surface area (Å²) in [6.45, 7) is 2.22. The van der Waals surface area contributed by atoms with E-state index in [2.05, 4.69) is 21.6 Å². The van der Waals surface area contributed by atoms with E-state index in [4.69, 9.17) is 0 Å². The first-order valence-corrected chi connectivity index (χ1v) is 9.99. The van der Waals surface area contributed by atoms with Crippen LogP contribution < -0.4 is 4.72 Å². The van der Waals surface area contributed by atoms with Gasteiger partial charge < -0.3 is 0 Å². The van der Waals surface area contributed by atoms with Crippen LogP contribution in [0.2, 0.25) is 0 Å². The van der Waals surface area contributed by atoms with Gasteiger partial charge in [-0.2, -0.15) is 0 Å². The number of unbranched alkanes of at least 4 members (excludes halogenated alkanes) is 5. The van der Waals surface area contributed by atoms with E-state index in [1.54, 1.807) is 18.2 Å². The predicted octanol–water partition coefficient (Wildman–Crippen LogP) is 4.18. The number of anilines is 1. The molecule has 2 aromatic rings. The standard InChI is InChI=1S/C18H25N3O2S/c1-2-3-4-5-6-7-9-16-10-12-17(13-11-16)24(22,23)21-18-19-14-8-15-20-18/h8,10-15H,2-7,9H2,1H3,(H,19,20,21). The second kappa shape index (κ2) is 9.37. The molecule has 0 saturated carbocycles. The van der Waals surface area contributed by atoms with Crippen molar-refractivity contribution in [2.45, 2.75) is 56.8 Å². The minimum absolute atomic E-state index is 0.0775. The Balaban J connectivity index is 1.86. The van der Waals surface area contributed by atoms with Crippen molar-refractivity contribution < 1.29 is 8.42 Å². The normalized spacial score (nSPS) is 11.4. The van der Waals surface area contributed by atoms with Crippen LogP contribution in [0.5, 0.6) is 0 Å². The summed E-state index contributed by atoms with van der Waals surface area (Å²) in [6.07, 6.45) is 11.5. The lowest BCUT2D eigenvalue weighted by Gasteiger charge is -2.07. The Labute approximate surface area is 144 Å². The molecule has 0 bridgehead atoms. The average molecular weight is 347 g/mol. The molecule has 0 aliphatic carbocycles. The first kappa shape index (κ1) is 18.4. The minimum Gasteiger partial charge on any atom is -0.247 e. The van der Waals surface area contributed by atoms with Crippen molar-refractivity contribution in [1.29, 1.82) is 0 Å². The Morgan fingerprint density at radius 3 is 2.21 bits per heavy atom. The maximum atomic E-state index is 12.3. The van der Waals surface area contributed by atoms with E-state index in [1.165, 1.54) is 50.1 Å². The van der Waals surface area contributed by atoms with E-state index >= 15 is 0 Å². The molecular weight excluding hydrogens is 322 g/mol. The van der Waals surface area contributed by atoms with E-state index in [1.807, 2.05) is 12.1 Å². The van der Waals surface area contributed by atoms with Crippen molar-refractivity contribution in [3.8, 4) is 0 Å². The summed E-state index contributed by atoms with van der Waals surface area (Å²) in [6, 6.07) is 8.67. The molecule has 0 atom stereocenters. The third-order valence-electron chi connectivity index (χ3n) is 3.84. The van der Waals surface area contributed by atoms with Gasteiger partial charge in [0.2, 0.25) is 5.95 Å². The zero-order valence-corrected chi connectivity index (χ0v) is 14.9. The summed E-state index contributed by atoms with van der Waals surface area (Å²) in [5, 5.41) is 0. The summed E-state index contributed by atoms with van der Waals surface area (Å²) in [7, 11) is -3.64. The number of sulfonamides is 1. The van der Waals surface area contributed by atoms with Gasteiger partial charge in [0, 0.05) is 12.4 Å². The van der Waals surface area contributed by atoms with Crippen LogP contribution in [-0.2, 0) is 16.4 Å². The first-order chi connectivity index (χ1) is 11.6. The molecule has 0 aliphatic rings. The topological polar surface area (TPSA) is 72.0 Å². The van der Waals surface area contributed by atoms with Gasteiger partial charge in [0.1, 0.15) is 0 Å². The summed E-state index contributed by atoms with van der Waals surface area (Å²) >= 11 is 0.